The van der Waals surface area contributed by atoms with Gasteiger partial charge in [0.15, 0.2) is 11.5 Å². The molecule has 0 saturated heterocycles. The third-order valence-electron chi connectivity index (χ3n) is 6.87. The van der Waals surface area contributed by atoms with Crippen molar-refractivity contribution in [1.82, 2.24) is 9.66 Å². The molecule has 1 heterocycles. The summed E-state index contributed by atoms with van der Waals surface area (Å²) in [6.07, 6.45) is 6.99. The number of fused-ring (bicyclic) bond motifs is 1. The molecule has 0 bridgehead atoms. The summed E-state index contributed by atoms with van der Waals surface area (Å²) < 4.78 is 14.8. The second-order valence-corrected chi connectivity index (χ2v) is 12.1. The topological polar surface area (TPSA) is 65.7 Å². The van der Waals surface area contributed by atoms with Gasteiger partial charge in [-0.05, 0) is 77.7 Å². The molecule has 0 aliphatic heterocycles. The maximum Gasteiger partial charge on any atom is 0.282 e. The molecule has 0 amide bonds. The zero-order valence-corrected chi connectivity index (χ0v) is 26.5. The molecule has 40 heavy (non-hydrogen) atoms. The standard InChI is InChI=1S/C30H27Br2Cl2N3O3/c1-2-39-25-14-20(26(32)27(34)28(25)40-17-18-8-11-22(33)12-9-18)16-35-37-29(19-6-4-3-5-7-19)36-24-13-10-21(31)15-23(24)30(37)38/h8-16,19H,2-7,17H2,1H3. The van der Waals surface area contributed by atoms with Crippen molar-refractivity contribution >= 4 is 72.2 Å². The number of hydrogen-bond acceptors (Lipinski definition) is 5. The van der Waals surface area contributed by atoms with Crippen LogP contribution in [0.25, 0.3) is 10.9 Å². The number of nitrogens with zero attached hydrogens (tertiary/aromatic N) is 3. The predicted molar refractivity (Wildman–Crippen MR) is 169 cm³/mol. The Bertz CT molecular complexity index is 1620. The Morgan fingerprint density at radius 1 is 1.05 bits per heavy atom. The van der Waals surface area contributed by atoms with Crippen LogP contribution < -0.4 is 15.0 Å². The first-order chi connectivity index (χ1) is 19.4. The highest BCUT2D eigenvalue weighted by molar-refractivity contribution is 9.10. The third-order valence-corrected chi connectivity index (χ3v) is 9.06. The third kappa shape index (κ3) is 6.40. The molecule has 4 aromatic rings. The van der Waals surface area contributed by atoms with Crippen LogP contribution in [0.1, 0.15) is 61.9 Å². The van der Waals surface area contributed by atoms with Crippen LogP contribution in [0.3, 0.4) is 0 Å². The quantitative estimate of drug-likeness (QED) is 0.171. The molecular formula is C30H27Br2Cl2N3O3. The van der Waals surface area contributed by atoms with Gasteiger partial charge >= 0.3 is 0 Å². The molecule has 3 aromatic carbocycles. The monoisotopic (exact) mass is 705 g/mol. The molecule has 208 valence electrons. The highest BCUT2D eigenvalue weighted by Gasteiger charge is 2.23. The minimum Gasteiger partial charge on any atom is -0.490 e. The predicted octanol–water partition coefficient (Wildman–Crippen LogP) is 9.14. The molecule has 1 aliphatic rings. The normalized spacial score (nSPS) is 14.2. The SMILES string of the molecule is CCOc1cc(C=Nn2c(C3CCCCC3)nc3ccc(Br)cc3c2=O)c(Br)c(Cl)c1OCc1ccc(Cl)cc1. The molecule has 0 atom stereocenters. The molecule has 0 spiro atoms. The van der Waals surface area contributed by atoms with Crippen molar-refractivity contribution in [3.05, 3.63) is 94.8 Å². The summed E-state index contributed by atoms with van der Waals surface area (Å²) in [5.41, 5.74) is 2.04. The highest BCUT2D eigenvalue weighted by atomic mass is 79.9. The lowest BCUT2D eigenvalue weighted by Crippen LogP contribution is -2.25. The average Bonchev–Trinajstić information content (AvgIpc) is 2.96. The molecule has 6 nitrogen and oxygen atoms in total. The van der Waals surface area contributed by atoms with Crippen molar-refractivity contribution in [3.8, 4) is 11.5 Å². The Morgan fingerprint density at radius 3 is 2.52 bits per heavy atom. The van der Waals surface area contributed by atoms with E-state index in [9.17, 15) is 4.79 Å². The van der Waals surface area contributed by atoms with Crippen molar-refractivity contribution in [2.24, 2.45) is 5.10 Å². The van der Waals surface area contributed by atoms with Gasteiger partial charge in [0.25, 0.3) is 5.56 Å². The smallest absolute Gasteiger partial charge is 0.282 e. The number of benzene rings is 3. The first-order valence-corrected chi connectivity index (χ1v) is 15.5. The fourth-order valence-corrected chi connectivity index (χ4v) is 6.00. The molecular weight excluding hydrogens is 681 g/mol. The van der Waals surface area contributed by atoms with E-state index in [4.69, 9.17) is 37.7 Å². The lowest BCUT2D eigenvalue weighted by Gasteiger charge is -2.23. The molecule has 1 saturated carbocycles. The van der Waals surface area contributed by atoms with E-state index < -0.39 is 0 Å². The molecule has 10 heteroatoms. The number of aromatic nitrogens is 2. The molecule has 0 radical (unpaired) electrons. The van der Waals surface area contributed by atoms with Gasteiger partial charge in [-0.3, -0.25) is 4.79 Å². The molecule has 0 unspecified atom stereocenters. The number of hydrogen-bond donors (Lipinski definition) is 0. The van der Waals surface area contributed by atoms with Gasteiger partial charge in [0.2, 0.25) is 0 Å². The number of rotatable bonds is 8. The lowest BCUT2D eigenvalue weighted by molar-refractivity contribution is 0.269. The number of ether oxygens (including phenoxy) is 2. The van der Waals surface area contributed by atoms with Crippen molar-refractivity contribution < 1.29 is 9.47 Å². The highest BCUT2D eigenvalue weighted by Crippen LogP contribution is 2.43. The fourth-order valence-electron chi connectivity index (χ4n) is 4.85. The first-order valence-electron chi connectivity index (χ1n) is 13.1. The Hall–Kier alpha value is -2.39. The summed E-state index contributed by atoms with van der Waals surface area (Å²) in [6, 6.07) is 14.8. The maximum absolute atomic E-state index is 13.7. The molecule has 5 rings (SSSR count). The van der Waals surface area contributed by atoms with Crippen LogP contribution in [0.5, 0.6) is 11.5 Å². The van der Waals surface area contributed by atoms with Crippen LogP contribution in [0, 0.1) is 0 Å². The number of halogens is 4. The van der Waals surface area contributed by atoms with Gasteiger partial charge in [0.1, 0.15) is 17.5 Å². The van der Waals surface area contributed by atoms with E-state index in [-0.39, 0.29) is 18.1 Å². The van der Waals surface area contributed by atoms with Gasteiger partial charge in [-0.1, -0.05) is 70.5 Å². The summed E-state index contributed by atoms with van der Waals surface area (Å²) in [7, 11) is 0. The zero-order chi connectivity index (χ0) is 28.2. The van der Waals surface area contributed by atoms with Gasteiger partial charge in [0, 0.05) is 25.4 Å². The molecule has 1 aliphatic carbocycles. The van der Waals surface area contributed by atoms with E-state index in [0.717, 1.165) is 35.7 Å². The Labute approximate surface area is 259 Å². The Balaban J connectivity index is 1.54. The van der Waals surface area contributed by atoms with Crippen molar-refractivity contribution in [2.75, 3.05) is 6.61 Å². The average molecular weight is 708 g/mol. The maximum atomic E-state index is 13.7. The van der Waals surface area contributed by atoms with Crippen LogP contribution >= 0.6 is 55.1 Å². The van der Waals surface area contributed by atoms with E-state index >= 15 is 0 Å². The fraction of sp³-hybridized carbons (Fsp3) is 0.300. The van der Waals surface area contributed by atoms with E-state index in [0.29, 0.717) is 54.9 Å². The van der Waals surface area contributed by atoms with Crippen molar-refractivity contribution in [2.45, 2.75) is 51.6 Å². The summed E-state index contributed by atoms with van der Waals surface area (Å²) >= 11 is 19.9. The van der Waals surface area contributed by atoms with Crippen LogP contribution in [0.4, 0.5) is 0 Å². The summed E-state index contributed by atoms with van der Waals surface area (Å²) in [4.78, 5) is 18.6. The van der Waals surface area contributed by atoms with Crippen molar-refractivity contribution in [1.29, 1.82) is 0 Å². The first kappa shape index (κ1) is 29.1. The van der Waals surface area contributed by atoms with Gasteiger partial charge in [-0.2, -0.15) is 9.78 Å². The van der Waals surface area contributed by atoms with E-state index in [2.05, 4.69) is 37.0 Å². The molecule has 0 N–H and O–H groups in total. The molecule has 1 aromatic heterocycles. The van der Waals surface area contributed by atoms with Crippen LogP contribution in [-0.4, -0.2) is 22.5 Å². The van der Waals surface area contributed by atoms with Gasteiger partial charge in [-0.25, -0.2) is 4.98 Å². The molecule has 1 fully saturated rings. The lowest BCUT2D eigenvalue weighted by atomic mass is 9.88. The van der Waals surface area contributed by atoms with E-state index in [1.807, 2.05) is 43.3 Å². The second kappa shape index (κ2) is 13.1. The Kier molecular flexibility index (Phi) is 9.51. The van der Waals surface area contributed by atoms with Gasteiger partial charge < -0.3 is 9.47 Å². The largest absolute Gasteiger partial charge is 0.490 e. The minimum absolute atomic E-state index is 0.168. The van der Waals surface area contributed by atoms with E-state index in [1.165, 1.54) is 11.1 Å². The summed E-state index contributed by atoms with van der Waals surface area (Å²) in [5.74, 6) is 1.75. The van der Waals surface area contributed by atoms with Crippen LogP contribution in [-0.2, 0) is 6.61 Å². The van der Waals surface area contributed by atoms with Gasteiger partial charge in [-0.15, -0.1) is 0 Å². The Morgan fingerprint density at radius 2 is 1.80 bits per heavy atom. The van der Waals surface area contributed by atoms with Gasteiger partial charge in [0.05, 0.1) is 23.7 Å². The summed E-state index contributed by atoms with van der Waals surface area (Å²) in [6.45, 7) is 2.59. The van der Waals surface area contributed by atoms with Crippen LogP contribution in [0.15, 0.2) is 67.4 Å². The summed E-state index contributed by atoms with van der Waals surface area (Å²) in [5, 5.41) is 6.18. The van der Waals surface area contributed by atoms with E-state index in [1.54, 1.807) is 18.3 Å². The zero-order valence-electron chi connectivity index (χ0n) is 21.8. The minimum atomic E-state index is -0.210. The second-order valence-electron chi connectivity index (χ2n) is 9.60. The van der Waals surface area contributed by atoms with Crippen molar-refractivity contribution in [3.63, 3.8) is 0 Å². The van der Waals surface area contributed by atoms with Crippen LogP contribution in [0.2, 0.25) is 10.0 Å².